The highest BCUT2D eigenvalue weighted by Crippen LogP contribution is 2.35. The second-order valence-corrected chi connectivity index (χ2v) is 6.17. The van der Waals surface area contributed by atoms with Crippen LogP contribution in [-0.2, 0) is 4.74 Å². The highest BCUT2D eigenvalue weighted by atomic mass is 16.5. The van der Waals surface area contributed by atoms with Crippen molar-refractivity contribution < 1.29 is 19.4 Å². The van der Waals surface area contributed by atoms with Gasteiger partial charge in [-0.15, -0.1) is 0 Å². The average molecular weight is 305 g/mol. The van der Waals surface area contributed by atoms with Gasteiger partial charge in [-0.05, 0) is 31.4 Å². The molecule has 3 rings (SSSR count). The molecule has 2 heterocycles. The standard InChI is InChI=1S/C17H23NO4/c1-21-15-5-3-2-4-14(15)16(20)18-9-7-17(8-10-18)12-13(19)6-11-22-17/h2-5,13,19H,6-12H2,1H3/t13-/m0/s1. The number of amides is 1. The number of para-hydroxylation sites is 1. The first-order valence-corrected chi connectivity index (χ1v) is 7.88. The van der Waals surface area contributed by atoms with Crippen molar-refractivity contribution in [3.63, 3.8) is 0 Å². The number of methoxy groups -OCH3 is 1. The van der Waals surface area contributed by atoms with Crippen LogP contribution in [0.25, 0.3) is 0 Å². The number of aliphatic hydroxyl groups excluding tert-OH is 1. The van der Waals surface area contributed by atoms with Gasteiger partial charge in [0, 0.05) is 26.1 Å². The number of carbonyl (C=O) groups is 1. The van der Waals surface area contributed by atoms with Gasteiger partial charge in [-0.1, -0.05) is 12.1 Å². The van der Waals surface area contributed by atoms with Crippen LogP contribution in [0.2, 0.25) is 0 Å². The van der Waals surface area contributed by atoms with E-state index in [2.05, 4.69) is 0 Å². The number of hydrogen-bond acceptors (Lipinski definition) is 4. The van der Waals surface area contributed by atoms with E-state index >= 15 is 0 Å². The van der Waals surface area contributed by atoms with Crippen LogP contribution in [0.5, 0.6) is 5.75 Å². The largest absolute Gasteiger partial charge is 0.496 e. The van der Waals surface area contributed by atoms with Gasteiger partial charge in [0.2, 0.25) is 0 Å². The topological polar surface area (TPSA) is 59.0 Å². The van der Waals surface area contributed by atoms with Crippen molar-refractivity contribution in [3.05, 3.63) is 29.8 Å². The van der Waals surface area contributed by atoms with E-state index in [1.807, 2.05) is 17.0 Å². The number of hydrogen-bond donors (Lipinski definition) is 1. The number of rotatable bonds is 2. The molecule has 2 aliphatic heterocycles. The zero-order valence-corrected chi connectivity index (χ0v) is 13.0. The Hall–Kier alpha value is -1.59. The number of likely N-dealkylation sites (tertiary alicyclic amines) is 1. The Labute approximate surface area is 130 Å². The predicted molar refractivity (Wildman–Crippen MR) is 82.1 cm³/mol. The Morgan fingerprint density at radius 2 is 2.09 bits per heavy atom. The number of nitrogens with zero attached hydrogens (tertiary/aromatic N) is 1. The van der Waals surface area contributed by atoms with Gasteiger partial charge < -0.3 is 19.5 Å². The van der Waals surface area contributed by atoms with Crippen LogP contribution < -0.4 is 4.74 Å². The van der Waals surface area contributed by atoms with Gasteiger partial charge in [-0.2, -0.15) is 0 Å². The number of benzene rings is 1. The maximum Gasteiger partial charge on any atom is 0.257 e. The van der Waals surface area contributed by atoms with E-state index in [0.717, 1.165) is 12.8 Å². The van der Waals surface area contributed by atoms with Crippen LogP contribution in [0.15, 0.2) is 24.3 Å². The summed E-state index contributed by atoms with van der Waals surface area (Å²) in [6, 6.07) is 7.31. The normalized spacial score (nSPS) is 24.3. The summed E-state index contributed by atoms with van der Waals surface area (Å²) in [5, 5.41) is 9.87. The molecular weight excluding hydrogens is 282 g/mol. The van der Waals surface area contributed by atoms with Crippen LogP contribution in [0, 0.1) is 0 Å². The third kappa shape index (κ3) is 2.96. The van der Waals surface area contributed by atoms with Crippen LogP contribution in [0.4, 0.5) is 0 Å². The minimum Gasteiger partial charge on any atom is -0.496 e. The van der Waals surface area contributed by atoms with E-state index in [9.17, 15) is 9.90 Å². The summed E-state index contributed by atoms with van der Waals surface area (Å²) >= 11 is 0. The van der Waals surface area contributed by atoms with Gasteiger partial charge >= 0.3 is 0 Å². The van der Waals surface area contributed by atoms with E-state index in [-0.39, 0.29) is 17.6 Å². The van der Waals surface area contributed by atoms with E-state index in [1.54, 1.807) is 19.2 Å². The highest BCUT2D eigenvalue weighted by Gasteiger charge is 2.41. The molecular formula is C17H23NO4. The summed E-state index contributed by atoms with van der Waals surface area (Å²) in [6.45, 7) is 1.93. The molecule has 1 aromatic carbocycles. The minimum absolute atomic E-state index is 0.00339. The number of aliphatic hydroxyl groups is 1. The monoisotopic (exact) mass is 305 g/mol. The van der Waals surface area contributed by atoms with Crippen molar-refractivity contribution in [1.29, 1.82) is 0 Å². The molecule has 0 bridgehead atoms. The van der Waals surface area contributed by atoms with E-state index < -0.39 is 0 Å². The zero-order valence-electron chi connectivity index (χ0n) is 13.0. The molecule has 5 nitrogen and oxygen atoms in total. The molecule has 120 valence electrons. The SMILES string of the molecule is COc1ccccc1C(=O)N1CCC2(CC1)C[C@@H](O)CCO2. The first-order chi connectivity index (χ1) is 10.6. The van der Waals surface area contributed by atoms with Gasteiger partial charge in [-0.25, -0.2) is 0 Å². The summed E-state index contributed by atoms with van der Waals surface area (Å²) in [7, 11) is 1.58. The molecule has 0 aliphatic carbocycles. The summed E-state index contributed by atoms with van der Waals surface area (Å²) in [5.74, 6) is 0.612. The van der Waals surface area contributed by atoms with Crippen molar-refractivity contribution in [2.24, 2.45) is 0 Å². The Kier molecular flexibility index (Phi) is 4.36. The third-order valence-electron chi connectivity index (χ3n) is 4.77. The molecule has 2 aliphatic rings. The first-order valence-electron chi connectivity index (χ1n) is 7.88. The Bertz CT molecular complexity index is 537. The van der Waals surface area contributed by atoms with Crippen molar-refractivity contribution in [2.75, 3.05) is 26.8 Å². The van der Waals surface area contributed by atoms with E-state index in [0.29, 0.717) is 43.9 Å². The fourth-order valence-electron chi connectivity index (χ4n) is 3.46. The lowest BCUT2D eigenvalue weighted by Crippen LogP contribution is -2.51. The smallest absolute Gasteiger partial charge is 0.257 e. The molecule has 0 unspecified atom stereocenters. The second kappa shape index (κ2) is 6.26. The molecule has 2 fully saturated rings. The quantitative estimate of drug-likeness (QED) is 0.906. The van der Waals surface area contributed by atoms with Gasteiger partial charge in [0.25, 0.3) is 5.91 Å². The maximum atomic E-state index is 12.7. The number of carbonyl (C=O) groups excluding carboxylic acids is 1. The highest BCUT2D eigenvalue weighted by molar-refractivity contribution is 5.97. The lowest BCUT2D eigenvalue weighted by Gasteiger charge is -2.45. The molecule has 1 N–H and O–H groups in total. The lowest BCUT2D eigenvalue weighted by atomic mass is 9.83. The second-order valence-electron chi connectivity index (χ2n) is 6.17. The van der Waals surface area contributed by atoms with Gasteiger partial charge in [0.1, 0.15) is 5.75 Å². The molecule has 0 aromatic heterocycles. The summed E-state index contributed by atoms with van der Waals surface area (Å²) in [5.41, 5.74) is 0.362. The van der Waals surface area contributed by atoms with Gasteiger partial charge in [0.05, 0.1) is 24.4 Å². The molecule has 0 saturated carbocycles. The zero-order chi connectivity index (χ0) is 15.6. The van der Waals surface area contributed by atoms with Crippen molar-refractivity contribution >= 4 is 5.91 Å². The van der Waals surface area contributed by atoms with Crippen molar-refractivity contribution in [2.45, 2.75) is 37.4 Å². The summed E-state index contributed by atoms with van der Waals surface area (Å²) in [6.07, 6.45) is 2.69. The third-order valence-corrected chi connectivity index (χ3v) is 4.77. The van der Waals surface area contributed by atoms with Gasteiger partial charge in [0.15, 0.2) is 0 Å². The minimum atomic E-state index is -0.273. The fourth-order valence-corrected chi connectivity index (χ4v) is 3.46. The van der Waals surface area contributed by atoms with E-state index in [4.69, 9.17) is 9.47 Å². The van der Waals surface area contributed by atoms with Crippen LogP contribution in [0.1, 0.15) is 36.0 Å². The number of piperidine rings is 1. The molecule has 2 saturated heterocycles. The molecule has 0 radical (unpaired) electrons. The van der Waals surface area contributed by atoms with Crippen molar-refractivity contribution in [3.8, 4) is 5.75 Å². The van der Waals surface area contributed by atoms with Crippen molar-refractivity contribution in [1.82, 2.24) is 4.90 Å². The van der Waals surface area contributed by atoms with E-state index in [1.165, 1.54) is 0 Å². The van der Waals surface area contributed by atoms with Crippen LogP contribution in [0.3, 0.4) is 0 Å². The predicted octanol–water partition coefficient (Wildman–Crippen LogP) is 1.84. The maximum absolute atomic E-state index is 12.7. The molecule has 22 heavy (non-hydrogen) atoms. The molecule has 5 heteroatoms. The fraction of sp³-hybridized carbons (Fsp3) is 0.588. The molecule has 1 aromatic rings. The average Bonchev–Trinajstić information content (AvgIpc) is 2.55. The first kappa shape index (κ1) is 15.3. The Morgan fingerprint density at radius 1 is 1.36 bits per heavy atom. The summed E-state index contributed by atoms with van der Waals surface area (Å²) in [4.78, 5) is 14.5. The molecule has 1 atom stereocenters. The van der Waals surface area contributed by atoms with Crippen LogP contribution in [-0.4, -0.2) is 54.4 Å². The summed E-state index contributed by atoms with van der Waals surface area (Å²) < 4.78 is 11.2. The molecule has 1 spiro atoms. The van der Waals surface area contributed by atoms with Gasteiger partial charge in [-0.3, -0.25) is 4.79 Å². The Morgan fingerprint density at radius 3 is 2.77 bits per heavy atom. The number of ether oxygens (including phenoxy) is 2. The molecule has 1 amide bonds. The Balaban J connectivity index is 1.67. The van der Waals surface area contributed by atoms with Crippen LogP contribution >= 0.6 is 0 Å². The lowest BCUT2D eigenvalue weighted by molar-refractivity contribution is -0.139.